The molecule has 0 spiro atoms. The first-order valence-corrected chi connectivity index (χ1v) is 7.16. The van der Waals surface area contributed by atoms with E-state index in [1.807, 2.05) is 0 Å². The highest BCUT2D eigenvalue weighted by molar-refractivity contribution is 7.91. The van der Waals surface area contributed by atoms with Gasteiger partial charge in [-0.15, -0.1) is 0 Å². The molecule has 1 atom stereocenters. The Kier molecular flexibility index (Phi) is 2.86. The number of hydrogen-bond donors (Lipinski definition) is 2. The van der Waals surface area contributed by atoms with Crippen LogP contribution in [0.5, 0.6) is 0 Å². The van der Waals surface area contributed by atoms with Gasteiger partial charge in [-0.25, -0.2) is 8.42 Å². The van der Waals surface area contributed by atoms with Gasteiger partial charge in [-0.05, 0) is 13.0 Å². The summed E-state index contributed by atoms with van der Waals surface area (Å²) in [4.78, 5) is 16.4. The van der Waals surface area contributed by atoms with E-state index >= 15 is 0 Å². The maximum Gasteiger partial charge on any atom is 0.270 e. The summed E-state index contributed by atoms with van der Waals surface area (Å²) < 4.78 is 22.8. The van der Waals surface area contributed by atoms with Crippen molar-refractivity contribution in [1.82, 2.24) is 9.88 Å². The van der Waals surface area contributed by atoms with Crippen LogP contribution in [0, 0.1) is 0 Å². The number of nitrogens with zero attached hydrogens (tertiary/aromatic N) is 1. The molecule has 1 unspecified atom stereocenters. The Bertz CT molecular complexity index is 535. The molecule has 1 amide bonds. The van der Waals surface area contributed by atoms with E-state index in [-0.39, 0.29) is 30.0 Å². The Morgan fingerprint density at radius 1 is 1.59 bits per heavy atom. The zero-order valence-corrected chi connectivity index (χ0v) is 10.3. The van der Waals surface area contributed by atoms with Crippen LogP contribution in [0.15, 0.2) is 12.3 Å². The number of carbonyl (C=O) groups is 1. The lowest BCUT2D eigenvalue weighted by atomic mass is 10.2. The van der Waals surface area contributed by atoms with Crippen molar-refractivity contribution < 1.29 is 13.2 Å². The minimum Gasteiger partial charge on any atom is -0.397 e. The quantitative estimate of drug-likeness (QED) is 0.731. The molecule has 6 nitrogen and oxygen atoms in total. The van der Waals surface area contributed by atoms with Crippen LogP contribution in [0.25, 0.3) is 0 Å². The second-order valence-corrected chi connectivity index (χ2v) is 6.54. The van der Waals surface area contributed by atoms with E-state index in [1.165, 1.54) is 0 Å². The Morgan fingerprint density at radius 2 is 2.29 bits per heavy atom. The minimum absolute atomic E-state index is 0.0227. The average molecular weight is 257 g/mol. The van der Waals surface area contributed by atoms with E-state index in [1.54, 1.807) is 24.1 Å². The van der Waals surface area contributed by atoms with Crippen LogP contribution in [-0.2, 0) is 9.84 Å². The number of H-pyrrole nitrogens is 1. The summed E-state index contributed by atoms with van der Waals surface area (Å²) in [5, 5.41) is 0. The minimum atomic E-state index is -3.00. The van der Waals surface area contributed by atoms with Crippen LogP contribution in [0.2, 0.25) is 0 Å². The Hall–Kier alpha value is -1.50. The fraction of sp³-hybridized carbons (Fsp3) is 0.500. The van der Waals surface area contributed by atoms with Crippen LogP contribution >= 0.6 is 0 Å². The van der Waals surface area contributed by atoms with E-state index in [4.69, 9.17) is 5.73 Å². The van der Waals surface area contributed by atoms with Gasteiger partial charge in [0.15, 0.2) is 9.84 Å². The zero-order chi connectivity index (χ0) is 12.6. The lowest BCUT2D eigenvalue weighted by molar-refractivity contribution is 0.0707. The predicted octanol–water partition coefficient (Wildman–Crippen LogP) is -0.144. The molecule has 17 heavy (non-hydrogen) atoms. The van der Waals surface area contributed by atoms with Crippen molar-refractivity contribution in [3.05, 3.63) is 18.0 Å². The van der Waals surface area contributed by atoms with E-state index in [0.29, 0.717) is 11.4 Å². The van der Waals surface area contributed by atoms with Gasteiger partial charge in [-0.1, -0.05) is 0 Å². The van der Waals surface area contributed by atoms with Crippen LogP contribution < -0.4 is 5.73 Å². The standard InChI is InChI=1S/C10H15N3O3S/c1-7-6-17(15,16)3-2-13(7)10(14)9-4-8(11)5-12-9/h4-5,7,12H,2-3,6,11H2,1H3. The van der Waals surface area contributed by atoms with Crippen molar-refractivity contribution >= 4 is 21.4 Å². The smallest absolute Gasteiger partial charge is 0.270 e. The van der Waals surface area contributed by atoms with Crippen molar-refractivity contribution in [3.8, 4) is 0 Å². The summed E-state index contributed by atoms with van der Waals surface area (Å²) in [7, 11) is -3.00. The molecule has 0 aliphatic carbocycles. The highest BCUT2D eigenvalue weighted by Gasteiger charge is 2.32. The molecule has 1 aromatic heterocycles. The lowest BCUT2D eigenvalue weighted by Crippen LogP contribution is -2.49. The number of nitrogen functional groups attached to an aromatic ring is 1. The number of rotatable bonds is 1. The summed E-state index contributed by atoms with van der Waals surface area (Å²) in [5.41, 5.74) is 6.41. The van der Waals surface area contributed by atoms with Gasteiger partial charge in [0.1, 0.15) is 5.69 Å². The predicted molar refractivity (Wildman–Crippen MR) is 64.4 cm³/mol. The van der Waals surface area contributed by atoms with E-state index < -0.39 is 9.84 Å². The first kappa shape index (κ1) is 12.0. The maximum atomic E-state index is 12.1. The monoisotopic (exact) mass is 257 g/mol. The van der Waals surface area contributed by atoms with Gasteiger partial charge < -0.3 is 15.6 Å². The van der Waals surface area contributed by atoms with Crippen LogP contribution in [0.4, 0.5) is 5.69 Å². The molecule has 0 saturated carbocycles. The van der Waals surface area contributed by atoms with Gasteiger partial charge in [0.2, 0.25) is 0 Å². The number of hydrogen-bond acceptors (Lipinski definition) is 4. The maximum absolute atomic E-state index is 12.1. The van der Waals surface area contributed by atoms with Crippen molar-refractivity contribution in [3.63, 3.8) is 0 Å². The number of nitrogens with two attached hydrogens (primary N) is 1. The van der Waals surface area contributed by atoms with Gasteiger partial charge in [0.05, 0.1) is 11.5 Å². The largest absolute Gasteiger partial charge is 0.397 e. The SMILES string of the molecule is CC1CS(=O)(=O)CCN1C(=O)c1cc(N)c[nH]1. The summed E-state index contributed by atoms with van der Waals surface area (Å²) in [6.45, 7) is 1.97. The topological polar surface area (TPSA) is 96.3 Å². The Morgan fingerprint density at radius 3 is 2.82 bits per heavy atom. The molecule has 1 saturated heterocycles. The molecule has 2 rings (SSSR count). The molecule has 7 heteroatoms. The number of carbonyl (C=O) groups excluding carboxylic acids is 1. The van der Waals surface area contributed by atoms with Gasteiger partial charge in [-0.2, -0.15) is 0 Å². The summed E-state index contributed by atoms with van der Waals surface area (Å²) in [5.74, 6) is -0.155. The van der Waals surface area contributed by atoms with Crippen molar-refractivity contribution in [1.29, 1.82) is 0 Å². The van der Waals surface area contributed by atoms with Gasteiger partial charge in [0, 0.05) is 24.5 Å². The van der Waals surface area contributed by atoms with E-state index in [0.717, 1.165) is 0 Å². The highest BCUT2D eigenvalue weighted by atomic mass is 32.2. The van der Waals surface area contributed by atoms with Gasteiger partial charge in [0.25, 0.3) is 5.91 Å². The molecular weight excluding hydrogens is 242 g/mol. The first-order chi connectivity index (χ1) is 7.89. The van der Waals surface area contributed by atoms with E-state index in [9.17, 15) is 13.2 Å². The third-order valence-corrected chi connectivity index (χ3v) is 4.66. The second-order valence-electron chi connectivity index (χ2n) is 4.31. The van der Waals surface area contributed by atoms with Crippen molar-refractivity contribution in [2.75, 3.05) is 23.8 Å². The zero-order valence-electron chi connectivity index (χ0n) is 9.51. The van der Waals surface area contributed by atoms with Crippen molar-refractivity contribution in [2.24, 2.45) is 0 Å². The van der Waals surface area contributed by atoms with Gasteiger partial charge in [-0.3, -0.25) is 4.79 Å². The highest BCUT2D eigenvalue weighted by Crippen LogP contribution is 2.15. The third kappa shape index (κ3) is 2.44. The fourth-order valence-electron chi connectivity index (χ4n) is 1.99. The Labute approximate surface area is 99.7 Å². The fourth-order valence-corrected chi connectivity index (χ4v) is 3.55. The van der Waals surface area contributed by atoms with Crippen LogP contribution in [0.1, 0.15) is 17.4 Å². The molecule has 2 heterocycles. The molecule has 0 bridgehead atoms. The molecule has 3 N–H and O–H groups in total. The third-order valence-electron chi connectivity index (χ3n) is 2.87. The molecule has 94 valence electrons. The average Bonchev–Trinajstić information content (AvgIpc) is 2.62. The van der Waals surface area contributed by atoms with Crippen LogP contribution in [0.3, 0.4) is 0 Å². The summed E-state index contributed by atoms with van der Waals surface area (Å²) >= 11 is 0. The molecule has 1 aromatic rings. The normalized spacial score (nSPS) is 23.6. The molecule has 1 aliphatic heterocycles. The number of sulfone groups is 1. The number of aromatic amines is 1. The molecular formula is C10H15N3O3S. The summed E-state index contributed by atoms with van der Waals surface area (Å²) in [6.07, 6.45) is 1.54. The molecule has 1 aliphatic rings. The molecule has 0 radical (unpaired) electrons. The van der Waals surface area contributed by atoms with Gasteiger partial charge >= 0.3 is 0 Å². The molecule has 0 aromatic carbocycles. The van der Waals surface area contributed by atoms with Crippen LogP contribution in [-0.4, -0.2) is 48.3 Å². The molecule has 1 fully saturated rings. The number of anilines is 1. The number of aromatic nitrogens is 1. The Balaban J connectivity index is 2.16. The van der Waals surface area contributed by atoms with E-state index in [2.05, 4.69) is 4.98 Å². The summed E-state index contributed by atoms with van der Waals surface area (Å²) in [6, 6.07) is 1.25. The first-order valence-electron chi connectivity index (χ1n) is 5.34. The van der Waals surface area contributed by atoms with Crippen molar-refractivity contribution in [2.45, 2.75) is 13.0 Å². The lowest BCUT2D eigenvalue weighted by Gasteiger charge is -2.32. The number of amides is 1. The second kappa shape index (κ2) is 4.06. The number of nitrogens with one attached hydrogen (secondary N) is 1.